The largest absolute Gasteiger partial charge is 0.573 e. The molecule has 1 aliphatic rings. The Kier molecular flexibility index (Phi) is 4.02. The number of fused-ring (bicyclic) bond motifs is 1. The Bertz CT molecular complexity index is 828. The average Bonchev–Trinajstić information content (AvgIpc) is 2.83. The van der Waals surface area contributed by atoms with Crippen LogP contribution in [0.1, 0.15) is 27.7 Å². The Morgan fingerprint density at radius 2 is 1.75 bits per heavy atom. The molecule has 0 aliphatic carbocycles. The Balaban J connectivity index is 2.11. The first-order valence-electron chi connectivity index (χ1n) is 7.16. The van der Waals surface area contributed by atoms with Gasteiger partial charge in [-0.3, -0.25) is 0 Å². The van der Waals surface area contributed by atoms with E-state index < -0.39 is 24.7 Å². The standard InChI is InChI=1S/C14H15BF3NO3S2/c1-12(2)13(3,4)22-15(21-12)8-5-7(20-14(16,17)18)6-9-10(8)19-11(23)24-9/h5-6H,1-4H3,(H,19,23). The van der Waals surface area contributed by atoms with Crippen LogP contribution < -0.4 is 10.2 Å². The molecule has 0 saturated carbocycles. The van der Waals surface area contributed by atoms with Gasteiger partial charge in [-0.05, 0) is 52.0 Å². The number of hydrogen-bond donors (Lipinski definition) is 1. The topological polar surface area (TPSA) is 43.5 Å². The zero-order valence-electron chi connectivity index (χ0n) is 13.4. The van der Waals surface area contributed by atoms with Gasteiger partial charge in [-0.15, -0.1) is 24.5 Å². The van der Waals surface area contributed by atoms with Gasteiger partial charge in [-0.25, -0.2) is 0 Å². The van der Waals surface area contributed by atoms with Crippen LogP contribution in [0.5, 0.6) is 5.75 Å². The van der Waals surface area contributed by atoms with Crippen molar-refractivity contribution in [2.24, 2.45) is 0 Å². The maximum Gasteiger partial charge on any atom is 0.573 e. The SMILES string of the molecule is CC1(C)OB(c2cc(OC(F)(F)F)cc3sc(=S)[nH]c23)OC1(C)C. The highest BCUT2D eigenvalue weighted by Crippen LogP contribution is 2.38. The van der Waals surface area contributed by atoms with Crippen molar-refractivity contribution in [1.29, 1.82) is 0 Å². The number of hydrogen-bond acceptors (Lipinski definition) is 5. The molecular weight excluding hydrogens is 362 g/mol. The summed E-state index contributed by atoms with van der Waals surface area (Å²) in [6, 6.07) is 2.57. The molecule has 130 valence electrons. The maximum atomic E-state index is 12.6. The van der Waals surface area contributed by atoms with Crippen molar-refractivity contribution < 1.29 is 27.2 Å². The van der Waals surface area contributed by atoms with Gasteiger partial charge in [0.1, 0.15) is 5.75 Å². The number of halogens is 3. The summed E-state index contributed by atoms with van der Waals surface area (Å²) in [6.07, 6.45) is -4.78. The molecule has 2 aromatic rings. The van der Waals surface area contributed by atoms with Crippen molar-refractivity contribution in [3.05, 3.63) is 16.1 Å². The van der Waals surface area contributed by atoms with Crippen molar-refractivity contribution in [2.75, 3.05) is 0 Å². The van der Waals surface area contributed by atoms with Crippen LogP contribution in [0, 0.1) is 3.95 Å². The third-order valence-electron chi connectivity index (χ3n) is 4.28. The highest BCUT2D eigenvalue weighted by atomic mass is 32.1. The second kappa shape index (κ2) is 5.45. The minimum atomic E-state index is -4.78. The molecule has 1 aliphatic heterocycles. The van der Waals surface area contributed by atoms with Crippen LogP contribution in [0.3, 0.4) is 0 Å². The molecule has 1 N–H and O–H groups in total. The van der Waals surface area contributed by atoms with Crippen LogP contribution in [0.25, 0.3) is 10.2 Å². The van der Waals surface area contributed by atoms with Crippen molar-refractivity contribution in [1.82, 2.24) is 4.98 Å². The van der Waals surface area contributed by atoms with E-state index in [4.69, 9.17) is 21.5 Å². The van der Waals surface area contributed by atoms with Crippen molar-refractivity contribution in [2.45, 2.75) is 45.3 Å². The molecule has 1 saturated heterocycles. The van der Waals surface area contributed by atoms with Crippen LogP contribution in [0.4, 0.5) is 13.2 Å². The van der Waals surface area contributed by atoms with Gasteiger partial charge in [-0.1, -0.05) is 0 Å². The maximum absolute atomic E-state index is 12.6. The van der Waals surface area contributed by atoms with E-state index in [0.29, 0.717) is 19.6 Å². The molecule has 3 rings (SSSR count). The zero-order valence-corrected chi connectivity index (χ0v) is 15.0. The smallest absolute Gasteiger partial charge is 0.406 e. The molecule has 1 aromatic carbocycles. The van der Waals surface area contributed by atoms with E-state index in [-0.39, 0.29) is 5.75 Å². The van der Waals surface area contributed by atoms with Crippen molar-refractivity contribution in [3.63, 3.8) is 0 Å². The number of ether oxygens (including phenoxy) is 1. The van der Waals surface area contributed by atoms with Gasteiger partial charge in [0.05, 0.1) is 21.4 Å². The number of H-pyrrole nitrogens is 1. The summed E-state index contributed by atoms with van der Waals surface area (Å²) >= 11 is 6.27. The predicted molar refractivity (Wildman–Crippen MR) is 89.4 cm³/mol. The van der Waals surface area contributed by atoms with Gasteiger partial charge < -0.3 is 19.0 Å². The average molecular weight is 377 g/mol. The first-order valence-corrected chi connectivity index (χ1v) is 8.39. The van der Waals surface area contributed by atoms with Crippen molar-refractivity contribution >= 4 is 46.4 Å². The van der Waals surface area contributed by atoms with E-state index in [9.17, 15) is 13.2 Å². The number of benzene rings is 1. The minimum Gasteiger partial charge on any atom is -0.406 e. The van der Waals surface area contributed by atoms with Crippen LogP contribution >= 0.6 is 23.6 Å². The molecule has 0 bridgehead atoms. The molecule has 0 radical (unpaired) electrons. The number of alkyl halides is 3. The van der Waals surface area contributed by atoms with Crippen LogP contribution in [-0.2, 0) is 9.31 Å². The summed E-state index contributed by atoms with van der Waals surface area (Å²) in [4.78, 5) is 2.99. The number of nitrogens with one attached hydrogen (secondary N) is 1. The van der Waals surface area contributed by atoms with Gasteiger partial charge in [-0.2, -0.15) is 0 Å². The summed E-state index contributed by atoms with van der Waals surface area (Å²) in [6.45, 7) is 7.48. The molecule has 4 nitrogen and oxygen atoms in total. The second-order valence-corrected chi connectivity index (χ2v) is 8.26. The normalized spacial score (nSPS) is 19.9. The Hall–Kier alpha value is -1.10. The molecule has 0 unspecified atom stereocenters. The van der Waals surface area contributed by atoms with E-state index in [0.717, 1.165) is 0 Å². The lowest BCUT2D eigenvalue weighted by Crippen LogP contribution is -2.41. The van der Waals surface area contributed by atoms with E-state index >= 15 is 0 Å². The monoisotopic (exact) mass is 377 g/mol. The number of thiazole rings is 1. The van der Waals surface area contributed by atoms with E-state index in [2.05, 4.69) is 9.72 Å². The van der Waals surface area contributed by atoms with Crippen LogP contribution in [0.15, 0.2) is 12.1 Å². The Morgan fingerprint density at radius 1 is 1.17 bits per heavy atom. The highest BCUT2D eigenvalue weighted by molar-refractivity contribution is 7.73. The molecule has 1 fully saturated rings. The molecule has 1 aromatic heterocycles. The van der Waals surface area contributed by atoms with Gasteiger partial charge in [0.25, 0.3) is 0 Å². The number of aromatic amines is 1. The quantitative estimate of drug-likeness (QED) is 0.631. The summed E-state index contributed by atoms with van der Waals surface area (Å²) in [5.41, 5.74) is -0.203. The van der Waals surface area contributed by atoms with Gasteiger partial charge in [0.15, 0.2) is 3.95 Å². The predicted octanol–water partition coefficient (Wildman–Crippen LogP) is 4.16. The lowest BCUT2D eigenvalue weighted by molar-refractivity contribution is -0.274. The minimum absolute atomic E-state index is 0.329. The molecule has 2 heterocycles. The summed E-state index contributed by atoms with van der Waals surface area (Å²) in [5, 5.41) is 0. The van der Waals surface area contributed by atoms with Crippen LogP contribution in [-0.4, -0.2) is 29.7 Å². The fourth-order valence-electron chi connectivity index (χ4n) is 2.40. The van der Waals surface area contributed by atoms with E-state index in [1.807, 2.05) is 27.7 Å². The summed E-state index contributed by atoms with van der Waals surface area (Å²) < 4.78 is 54.7. The summed E-state index contributed by atoms with van der Waals surface area (Å²) in [7, 11) is -0.825. The molecule has 0 spiro atoms. The second-order valence-electron chi connectivity index (χ2n) is 6.54. The number of aromatic nitrogens is 1. The van der Waals surface area contributed by atoms with Gasteiger partial charge in [0.2, 0.25) is 0 Å². The third kappa shape index (κ3) is 3.20. The van der Waals surface area contributed by atoms with E-state index in [1.54, 1.807) is 0 Å². The highest BCUT2D eigenvalue weighted by Gasteiger charge is 2.52. The van der Waals surface area contributed by atoms with E-state index in [1.165, 1.54) is 23.5 Å². The molecule has 10 heteroatoms. The molecule has 0 amide bonds. The van der Waals surface area contributed by atoms with Crippen LogP contribution in [0.2, 0.25) is 0 Å². The molecular formula is C14H15BF3NO3S2. The van der Waals surface area contributed by atoms with Gasteiger partial charge in [0, 0.05) is 5.46 Å². The van der Waals surface area contributed by atoms with Crippen molar-refractivity contribution in [3.8, 4) is 5.75 Å². The lowest BCUT2D eigenvalue weighted by atomic mass is 9.78. The fourth-order valence-corrected chi connectivity index (χ4v) is 3.57. The summed E-state index contributed by atoms with van der Waals surface area (Å²) in [5.74, 6) is -0.329. The third-order valence-corrected chi connectivity index (χ3v) is 5.46. The first kappa shape index (κ1) is 17.7. The Morgan fingerprint density at radius 3 is 2.29 bits per heavy atom. The van der Waals surface area contributed by atoms with Gasteiger partial charge >= 0.3 is 13.5 Å². The molecule has 0 atom stereocenters. The molecule has 24 heavy (non-hydrogen) atoms. The number of rotatable bonds is 2. The first-order chi connectivity index (χ1) is 10.9. The fraction of sp³-hybridized carbons (Fsp3) is 0.500. The Labute approximate surface area is 146 Å². The zero-order chi connectivity index (χ0) is 17.9. The lowest BCUT2D eigenvalue weighted by Gasteiger charge is -2.32.